The van der Waals surface area contributed by atoms with Crippen molar-refractivity contribution < 1.29 is 5.11 Å². The molecule has 0 aliphatic rings. The van der Waals surface area contributed by atoms with Crippen LogP contribution < -0.4 is 0 Å². The number of fused-ring (bicyclic) bond motifs is 1. The lowest BCUT2D eigenvalue weighted by Gasteiger charge is -2.03. The van der Waals surface area contributed by atoms with E-state index < -0.39 is 0 Å². The van der Waals surface area contributed by atoms with Gasteiger partial charge in [-0.2, -0.15) is 0 Å². The maximum atomic E-state index is 9.62. The van der Waals surface area contributed by atoms with Crippen LogP contribution in [0.4, 0.5) is 0 Å². The molecule has 0 radical (unpaired) electrons. The first-order valence-electron chi connectivity index (χ1n) is 5.74. The summed E-state index contributed by atoms with van der Waals surface area (Å²) in [4.78, 5) is 7.90. The molecule has 0 unspecified atom stereocenters. The van der Waals surface area contributed by atoms with Crippen LogP contribution in [0.5, 0.6) is 5.88 Å². The third-order valence-electron chi connectivity index (χ3n) is 2.75. The minimum absolute atomic E-state index is 0.0716. The van der Waals surface area contributed by atoms with Crippen molar-refractivity contribution in [2.75, 3.05) is 0 Å². The van der Waals surface area contributed by atoms with Gasteiger partial charge in [0.2, 0.25) is 5.88 Å². The summed E-state index contributed by atoms with van der Waals surface area (Å²) in [5.74, 6) is 0.0716. The Labute approximate surface area is 95.2 Å². The fourth-order valence-electron chi connectivity index (χ4n) is 1.82. The van der Waals surface area contributed by atoms with Gasteiger partial charge in [0.25, 0.3) is 0 Å². The molecule has 16 heavy (non-hydrogen) atoms. The van der Waals surface area contributed by atoms with Crippen LogP contribution in [0.1, 0.15) is 31.7 Å². The summed E-state index contributed by atoms with van der Waals surface area (Å²) in [6, 6.07) is 6.00. The molecule has 1 heterocycles. The van der Waals surface area contributed by atoms with Crippen LogP contribution in [0, 0.1) is 0 Å². The lowest BCUT2D eigenvalue weighted by molar-refractivity contribution is 0.459. The Morgan fingerprint density at radius 2 is 2.06 bits per heavy atom. The number of hydrogen-bond donors (Lipinski definition) is 1. The number of benzene rings is 1. The molecule has 0 amide bonds. The summed E-state index contributed by atoms with van der Waals surface area (Å²) in [6.07, 6.45) is 6.10. The van der Waals surface area contributed by atoms with Gasteiger partial charge in [-0.1, -0.05) is 25.8 Å². The highest BCUT2D eigenvalue weighted by Gasteiger charge is 2.02. The van der Waals surface area contributed by atoms with Gasteiger partial charge >= 0.3 is 0 Å². The summed E-state index contributed by atoms with van der Waals surface area (Å²) in [5.41, 5.74) is 2.04. The van der Waals surface area contributed by atoms with Crippen molar-refractivity contribution in [3.05, 3.63) is 30.1 Å². The Hall–Kier alpha value is -1.64. The molecule has 1 N–H and O–H groups in total. The quantitative estimate of drug-likeness (QED) is 0.799. The zero-order valence-electron chi connectivity index (χ0n) is 9.48. The Morgan fingerprint density at radius 3 is 2.88 bits per heavy atom. The van der Waals surface area contributed by atoms with Crippen molar-refractivity contribution >= 4 is 10.9 Å². The zero-order chi connectivity index (χ0) is 11.4. The highest BCUT2D eigenvalue weighted by Crippen LogP contribution is 2.21. The molecule has 1 aromatic heterocycles. The lowest BCUT2D eigenvalue weighted by atomic mass is 10.1. The predicted octanol–water partition coefficient (Wildman–Crippen LogP) is 3.07. The zero-order valence-corrected chi connectivity index (χ0v) is 9.48. The number of rotatable bonds is 4. The molecule has 0 aliphatic heterocycles. The minimum atomic E-state index is 0.0716. The van der Waals surface area contributed by atoms with Gasteiger partial charge in [-0.3, -0.25) is 0 Å². The van der Waals surface area contributed by atoms with E-state index in [4.69, 9.17) is 0 Å². The summed E-state index contributed by atoms with van der Waals surface area (Å²) < 4.78 is 0. The van der Waals surface area contributed by atoms with Crippen LogP contribution in [0.25, 0.3) is 10.9 Å². The third-order valence-corrected chi connectivity index (χ3v) is 2.75. The smallest absolute Gasteiger partial charge is 0.221 e. The number of aryl methyl sites for hydroxylation is 1. The van der Waals surface area contributed by atoms with Crippen molar-refractivity contribution in [2.24, 2.45) is 0 Å². The van der Waals surface area contributed by atoms with Gasteiger partial charge in [-0.25, -0.2) is 9.97 Å². The SMILES string of the molecule is CCCCCc1ccc2ncnc(O)c2c1. The number of aromatic hydroxyl groups is 1. The second-order valence-corrected chi connectivity index (χ2v) is 4.01. The average Bonchev–Trinajstić information content (AvgIpc) is 2.30. The van der Waals surface area contributed by atoms with E-state index in [1.165, 1.54) is 31.2 Å². The average molecular weight is 216 g/mol. The van der Waals surface area contributed by atoms with Crippen LogP contribution >= 0.6 is 0 Å². The predicted molar refractivity (Wildman–Crippen MR) is 64.4 cm³/mol. The summed E-state index contributed by atoms with van der Waals surface area (Å²) in [7, 11) is 0. The van der Waals surface area contributed by atoms with Gasteiger partial charge in [0.05, 0.1) is 10.9 Å². The fraction of sp³-hybridized carbons (Fsp3) is 0.385. The molecule has 2 rings (SSSR count). The first-order valence-corrected chi connectivity index (χ1v) is 5.74. The molecule has 0 aliphatic carbocycles. The van der Waals surface area contributed by atoms with E-state index >= 15 is 0 Å². The maximum Gasteiger partial charge on any atom is 0.221 e. The van der Waals surface area contributed by atoms with Crippen molar-refractivity contribution in [1.82, 2.24) is 9.97 Å². The van der Waals surface area contributed by atoms with E-state index in [0.29, 0.717) is 0 Å². The second-order valence-electron chi connectivity index (χ2n) is 4.01. The van der Waals surface area contributed by atoms with Crippen molar-refractivity contribution in [2.45, 2.75) is 32.6 Å². The highest BCUT2D eigenvalue weighted by molar-refractivity contribution is 5.83. The molecule has 1 aromatic carbocycles. The topological polar surface area (TPSA) is 46.0 Å². The minimum Gasteiger partial charge on any atom is -0.493 e. The Balaban J connectivity index is 2.25. The van der Waals surface area contributed by atoms with Gasteiger partial charge in [-0.15, -0.1) is 0 Å². The molecule has 0 saturated carbocycles. The number of hydrogen-bond acceptors (Lipinski definition) is 3. The van der Waals surface area contributed by atoms with E-state index in [0.717, 1.165) is 17.3 Å². The van der Waals surface area contributed by atoms with Crippen molar-refractivity contribution in [1.29, 1.82) is 0 Å². The number of aromatic nitrogens is 2. The van der Waals surface area contributed by atoms with Gasteiger partial charge < -0.3 is 5.11 Å². The van der Waals surface area contributed by atoms with Crippen LogP contribution in [0.15, 0.2) is 24.5 Å². The van der Waals surface area contributed by atoms with E-state index in [1.807, 2.05) is 12.1 Å². The van der Waals surface area contributed by atoms with Crippen LogP contribution in [0.2, 0.25) is 0 Å². The van der Waals surface area contributed by atoms with Crippen LogP contribution in [0.3, 0.4) is 0 Å². The van der Waals surface area contributed by atoms with E-state index in [1.54, 1.807) is 0 Å². The Bertz CT molecular complexity index is 482. The van der Waals surface area contributed by atoms with Gasteiger partial charge in [-0.05, 0) is 30.5 Å². The largest absolute Gasteiger partial charge is 0.493 e. The van der Waals surface area contributed by atoms with Crippen LogP contribution in [-0.2, 0) is 6.42 Å². The van der Waals surface area contributed by atoms with Crippen molar-refractivity contribution in [3.8, 4) is 5.88 Å². The highest BCUT2D eigenvalue weighted by atomic mass is 16.3. The van der Waals surface area contributed by atoms with Gasteiger partial charge in [0, 0.05) is 0 Å². The third kappa shape index (κ3) is 2.30. The first kappa shape index (κ1) is 10.9. The molecule has 84 valence electrons. The Morgan fingerprint density at radius 1 is 1.19 bits per heavy atom. The molecule has 0 fully saturated rings. The van der Waals surface area contributed by atoms with E-state index in [2.05, 4.69) is 23.0 Å². The molecule has 3 heteroatoms. The summed E-state index contributed by atoms with van der Waals surface area (Å²) in [5, 5.41) is 10.4. The fourth-order valence-corrected chi connectivity index (χ4v) is 1.82. The molecule has 0 saturated heterocycles. The Kier molecular flexibility index (Phi) is 3.34. The molecule has 0 bridgehead atoms. The molecule has 3 nitrogen and oxygen atoms in total. The normalized spacial score (nSPS) is 10.8. The standard InChI is InChI=1S/C13H16N2O/c1-2-3-4-5-10-6-7-12-11(8-10)13(16)15-9-14-12/h6-9H,2-5H2,1H3,(H,14,15,16). The van der Waals surface area contributed by atoms with E-state index in [9.17, 15) is 5.11 Å². The first-order chi connectivity index (χ1) is 7.81. The molecular formula is C13H16N2O. The van der Waals surface area contributed by atoms with Gasteiger partial charge in [0.1, 0.15) is 6.33 Å². The van der Waals surface area contributed by atoms with Crippen molar-refractivity contribution in [3.63, 3.8) is 0 Å². The maximum absolute atomic E-state index is 9.62. The number of unbranched alkanes of at least 4 members (excludes halogenated alkanes) is 2. The second kappa shape index (κ2) is 4.92. The molecule has 0 spiro atoms. The monoisotopic (exact) mass is 216 g/mol. The van der Waals surface area contributed by atoms with Crippen LogP contribution in [-0.4, -0.2) is 15.1 Å². The lowest BCUT2D eigenvalue weighted by Crippen LogP contribution is -1.88. The number of nitrogens with zero attached hydrogens (tertiary/aromatic N) is 2. The summed E-state index contributed by atoms with van der Waals surface area (Å²) in [6.45, 7) is 2.19. The van der Waals surface area contributed by atoms with E-state index in [-0.39, 0.29) is 5.88 Å². The molecular weight excluding hydrogens is 200 g/mol. The molecule has 2 aromatic rings. The van der Waals surface area contributed by atoms with Gasteiger partial charge in [0.15, 0.2) is 0 Å². The molecule has 0 atom stereocenters. The summed E-state index contributed by atoms with van der Waals surface area (Å²) >= 11 is 0.